The standard InChI is InChI=1S/C13H14Br2N2OS/c1-2-5-16-13-17-7-10(19-13)8-18-12-4-3-9(14)6-11(12)15/h3-4,6-7H,2,5,8H2,1H3,(H,16,17). The van der Waals surface area contributed by atoms with Gasteiger partial charge in [0.05, 0.1) is 9.35 Å². The van der Waals surface area contributed by atoms with Crippen molar-refractivity contribution in [2.75, 3.05) is 11.9 Å². The first-order valence-corrected chi connectivity index (χ1v) is 8.35. The fourth-order valence-electron chi connectivity index (χ4n) is 1.43. The Labute approximate surface area is 133 Å². The number of thiazole rings is 1. The van der Waals surface area contributed by atoms with Crippen LogP contribution in [-0.2, 0) is 6.61 Å². The number of halogens is 2. The van der Waals surface area contributed by atoms with Crippen LogP contribution in [0.15, 0.2) is 33.3 Å². The first-order valence-electron chi connectivity index (χ1n) is 5.95. The summed E-state index contributed by atoms with van der Waals surface area (Å²) in [6.45, 7) is 3.62. The molecule has 0 fully saturated rings. The molecule has 6 heteroatoms. The second kappa shape index (κ2) is 7.26. The highest BCUT2D eigenvalue weighted by Gasteiger charge is 2.05. The Hall–Kier alpha value is -0.590. The van der Waals surface area contributed by atoms with E-state index in [0.29, 0.717) is 6.61 Å². The Morgan fingerprint density at radius 3 is 2.95 bits per heavy atom. The van der Waals surface area contributed by atoms with Gasteiger partial charge in [-0.05, 0) is 40.5 Å². The van der Waals surface area contributed by atoms with Gasteiger partial charge in [-0.25, -0.2) is 4.98 Å². The van der Waals surface area contributed by atoms with Gasteiger partial charge in [-0.1, -0.05) is 34.2 Å². The first kappa shape index (κ1) is 14.8. The Balaban J connectivity index is 1.92. The van der Waals surface area contributed by atoms with Gasteiger partial charge < -0.3 is 10.1 Å². The number of hydrogen-bond acceptors (Lipinski definition) is 4. The van der Waals surface area contributed by atoms with Gasteiger partial charge in [0.15, 0.2) is 5.13 Å². The topological polar surface area (TPSA) is 34.2 Å². The summed E-state index contributed by atoms with van der Waals surface area (Å²) in [5.41, 5.74) is 0. The molecule has 1 N–H and O–H groups in total. The molecule has 1 aromatic carbocycles. The second-order valence-corrected chi connectivity index (χ2v) is 6.81. The van der Waals surface area contributed by atoms with Gasteiger partial charge in [0.25, 0.3) is 0 Å². The molecule has 0 atom stereocenters. The van der Waals surface area contributed by atoms with Crippen LogP contribution in [0.4, 0.5) is 5.13 Å². The lowest BCUT2D eigenvalue weighted by atomic mass is 10.3. The summed E-state index contributed by atoms with van der Waals surface area (Å²) < 4.78 is 7.73. The highest BCUT2D eigenvalue weighted by atomic mass is 79.9. The van der Waals surface area contributed by atoms with Crippen molar-refractivity contribution in [1.29, 1.82) is 0 Å². The maximum Gasteiger partial charge on any atom is 0.182 e. The molecule has 19 heavy (non-hydrogen) atoms. The second-order valence-electron chi connectivity index (χ2n) is 3.92. The van der Waals surface area contributed by atoms with Gasteiger partial charge in [-0.3, -0.25) is 0 Å². The van der Waals surface area contributed by atoms with Crippen LogP contribution >= 0.6 is 43.2 Å². The Kier molecular flexibility index (Phi) is 5.66. The highest BCUT2D eigenvalue weighted by Crippen LogP contribution is 2.29. The predicted molar refractivity (Wildman–Crippen MR) is 87.1 cm³/mol. The zero-order chi connectivity index (χ0) is 13.7. The molecule has 1 aromatic heterocycles. The molecule has 3 nitrogen and oxygen atoms in total. The number of nitrogens with one attached hydrogen (secondary N) is 1. The summed E-state index contributed by atoms with van der Waals surface area (Å²) in [6.07, 6.45) is 2.95. The van der Waals surface area contributed by atoms with E-state index < -0.39 is 0 Å². The molecular weight excluding hydrogens is 392 g/mol. The van der Waals surface area contributed by atoms with Crippen molar-refractivity contribution < 1.29 is 4.74 Å². The Bertz CT molecular complexity index is 545. The Morgan fingerprint density at radius 2 is 2.21 bits per heavy atom. The van der Waals surface area contributed by atoms with Crippen LogP contribution in [0.2, 0.25) is 0 Å². The molecule has 0 saturated carbocycles. The third-order valence-corrected chi connectivity index (χ3v) is 4.39. The van der Waals surface area contributed by atoms with E-state index in [9.17, 15) is 0 Å². The summed E-state index contributed by atoms with van der Waals surface area (Å²) in [5, 5.41) is 4.22. The van der Waals surface area contributed by atoms with E-state index in [0.717, 1.165) is 37.7 Å². The number of hydrogen-bond donors (Lipinski definition) is 1. The van der Waals surface area contributed by atoms with Crippen molar-refractivity contribution in [3.63, 3.8) is 0 Å². The molecule has 0 amide bonds. The van der Waals surface area contributed by atoms with Crippen LogP contribution in [0.5, 0.6) is 5.75 Å². The lowest BCUT2D eigenvalue weighted by molar-refractivity contribution is 0.307. The minimum absolute atomic E-state index is 0.533. The third-order valence-electron chi connectivity index (χ3n) is 2.34. The molecule has 0 aliphatic rings. The van der Waals surface area contributed by atoms with Crippen molar-refractivity contribution in [1.82, 2.24) is 4.98 Å². The van der Waals surface area contributed by atoms with E-state index in [1.807, 2.05) is 24.4 Å². The van der Waals surface area contributed by atoms with E-state index in [4.69, 9.17) is 4.74 Å². The normalized spacial score (nSPS) is 10.5. The van der Waals surface area contributed by atoms with Gasteiger partial charge >= 0.3 is 0 Å². The van der Waals surface area contributed by atoms with Crippen molar-refractivity contribution >= 4 is 48.3 Å². The van der Waals surface area contributed by atoms with Crippen LogP contribution in [0.1, 0.15) is 18.2 Å². The van der Waals surface area contributed by atoms with Crippen LogP contribution in [-0.4, -0.2) is 11.5 Å². The molecule has 0 aliphatic carbocycles. The number of anilines is 1. The number of benzene rings is 1. The maximum atomic E-state index is 5.77. The minimum Gasteiger partial charge on any atom is -0.487 e. The van der Waals surface area contributed by atoms with Crippen molar-refractivity contribution in [2.45, 2.75) is 20.0 Å². The van der Waals surface area contributed by atoms with Crippen LogP contribution in [0.3, 0.4) is 0 Å². The fraction of sp³-hybridized carbons (Fsp3) is 0.308. The highest BCUT2D eigenvalue weighted by molar-refractivity contribution is 9.11. The predicted octanol–water partition coefficient (Wildman–Crippen LogP) is 5.07. The van der Waals surface area contributed by atoms with Crippen molar-refractivity contribution in [2.24, 2.45) is 0 Å². The average molecular weight is 406 g/mol. The monoisotopic (exact) mass is 404 g/mol. The van der Waals surface area contributed by atoms with Gasteiger partial charge in [-0.15, -0.1) is 0 Å². The van der Waals surface area contributed by atoms with Gasteiger partial charge in [0.1, 0.15) is 12.4 Å². The maximum absolute atomic E-state index is 5.77. The van der Waals surface area contributed by atoms with Gasteiger partial charge in [-0.2, -0.15) is 0 Å². The van der Waals surface area contributed by atoms with Crippen LogP contribution < -0.4 is 10.1 Å². The van der Waals surface area contributed by atoms with Gasteiger partial charge in [0, 0.05) is 17.2 Å². The molecule has 2 aromatic rings. The van der Waals surface area contributed by atoms with E-state index in [2.05, 4.69) is 49.1 Å². The largest absolute Gasteiger partial charge is 0.487 e. The molecule has 0 spiro atoms. The quantitative estimate of drug-likeness (QED) is 0.728. The molecule has 1 heterocycles. The summed E-state index contributed by atoms with van der Waals surface area (Å²) in [5.74, 6) is 0.833. The summed E-state index contributed by atoms with van der Waals surface area (Å²) in [4.78, 5) is 5.42. The number of nitrogens with zero attached hydrogens (tertiary/aromatic N) is 1. The SMILES string of the molecule is CCCNc1ncc(COc2ccc(Br)cc2Br)s1. The van der Waals surface area contributed by atoms with E-state index >= 15 is 0 Å². The minimum atomic E-state index is 0.533. The molecule has 0 unspecified atom stereocenters. The van der Waals surface area contributed by atoms with Gasteiger partial charge in [0.2, 0.25) is 0 Å². The molecule has 2 rings (SSSR count). The summed E-state index contributed by atoms with van der Waals surface area (Å²) >= 11 is 8.53. The van der Waals surface area contributed by atoms with E-state index in [1.54, 1.807) is 11.3 Å². The fourth-order valence-corrected chi connectivity index (χ4v) is 3.34. The van der Waals surface area contributed by atoms with Crippen LogP contribution in [0, 0.1) is 0 Å². The molecule has 0 bridgehead atoms. The molecular formula is C13H14Br2N2OS. The van der Waals surface area contributed by atoms with Crippen LogP contribution in [0.25, 0.3) is 0 Å². The van der Waals surface area contributed by atoms with Crippen molar-refractivity contribution in [3.05, 3.63) is 38.2 Å². The summed E-state index contributed by atoms with van der Waals surface area (Å²) in [6, 6.07) is 5.86. The zero-order valence-electron chi connectivity index (χ0n) is 10.5. The smallest absolute Gasteiger partial charge is 0.182 e. The van der Waals surface area contributed by atoms with E-state index in [-0.39, 0.29) is 0 Å². The molecule has 0 saturated heterocycles. The number of ether oxygens (including phenoxy) is 1. The number of rotatable bonds is 6. The summed E-state index contributed by atoms with van der Waals surface area (Å²) in [7, 11) is 0. The Morgan fingerprint density at radius 1 is 1.37 bits per heavy atom. The van der Waals surface area contributed by atoms with E-state index in [1.165, 1.54) is 0 Å². The lowest BCUT2D eigenvalue weighted by Crippen LogP contribution is -1.97. The zero-order valence-corrected chi connectivity index (χ0v) is 14.4. The lowest BCUT2D eigenvalue weighted by Gasteiger charge is -2.06. The van der Waals surface area contributed by atoms with Crippen molar-refractivity contribution in [3.8, 4) is 5.75 Å². The molecule has 0 aliphatic heterocycles. The first-order chi connectivity index (χ1) is 9.19. The molecule has 0 radical (unpaired) electrons. The number of aromatic nitrogens is 1. The average Bonchev–Trinajstić information content (AvgIpc) is 2.83. The molecule has 102 valence electrons. The third kappa shape index (κ3) is 4.47.